The van der Waals surface area contributed by atoms with E-state index in [2.05, 4.69) is 25.6 Å². The Kier molecular flexibility index (Phi) is 6.58. The van der Waals surface area contributed by atoms with Crippen LogP contribution in [0, 0.1) is 6.92 Å². The van der Waals surface area contributed by atoms with Crippen LogP contribution in [0.15, 0.2) is 41.3 Å². The Bertz CT molecular complexity index is 1440. The smallest absolute Gasteiger partial charge is 0.259 e. The Morgan fingerprint density at radius 1 is 1.09 bits per heavy atom. The second-order valence-corrected chi connectivity index (χ2v) is 7.93. The molecule has 4 rings (SSSR count). The lowest BCUT2D eigenvalue weighted by atomic mass is 10.1. The third-order valence-corrected chi connectivity index (χ3v) is 5.89. The fourth-order valence-electron chi connectivity index (χ4n) is 3.47. The number of H-pyrrole nitrogens is 1. The van der Waals surface area contributed by atoms with Gasteiger partial charge < -0.3 is 25.1 Å². The predicted octanol–water partition coefficient (Wildman–Crippen LogP) is 4.93. The Balaban J connectivity index is 1.81. The first-order chi connectivity index (χ1) is 16.4. The summed E-state index contributed by atoms with van der Waals surface area (Å²) in [7, 11) is 2.91. The van der Waals surface area contributed by atoms with Gasteiger partial charge in [0.1, 0.15) is 23.1 Å². The maximum absolute atomic E-state index is 13.0. The maximum Gasteiger partial charge on any atom is 0.259 e. The molecular weight excluding hydrogens is 481 g/mol. The van der Waals surface area contributed by atoms with Crippen molar-refractivity contribution in [1.29, 1.82) is 0 Å². The molecule has 0 spiro atoms. The van der Waals surface area contributed by atoms with Gasteiger partial charge in [-0.05, 0) is 24.6 Å². The average molecular weight is 500 g/mol. The van der Waals surface area contributed by atoms with Crippen LogP contribution in [0.2, 0.25) is 10.0 Å². The van der Waals surface area contributed by atoms with Crippen LogP contribution >= 0.6 is 23.2 Å². The summed E-state index contributed by atoms with van der Waals surface area (Å²) >= 11 is 12.9. The molecule has 2 aromatic heterocycles. The van der Waals surface area contributed by atoms with E-state index in [1.54, 1.807) is 18.2 Å². The fourth-order valence-corrected chi connectivity index (χ4v) is 4.15. The summed E-state index contributed by atoms with van der Waals surface area (Å²) in [6.45, 7) is 1.88. The molecule has 9 nitrogen and oxygen atoms in total. The molecule has 34 heavy (non-hydrogen) atoms. The van der Waals surface area contributed by atoms with E-state index in [0.29, 0.717) is 46.0 Å². The van der Waals surface area contributed by atoms with E-state index in [9.17, 15) is 9.59 Å². The van der Waals surface area contributed by atoms with Crippen molar-refractivity contribution < 1.29 is 14.3 Å². The highest BCUT2D eigenvalue weighted by molar-refractivity contribution is 6.40. The molecule has 0 atom stereocenters. The minimum atomic E-state index is -0.421. The van der Waals surface area contributed by atoms with Gasteiger partial charge in [-0.3, -0.25) is 9.59 Å². The number of nitrogens with zero attached hydrogens (tertiary/aromatic N) is 2. The lowest BCUT2D eigenvalue weighted by Crippen LogP contribution is -2.11. The van der Waals surface area contributed by atoms with Crippen molar-refractivity contribution in [3.8, 4) is 22.9 Å². The number of ether oxygens (including phenoxy) is 2. The summed E-state index contributed by atoms with van der Waals surface area (Å²) in [5.41, 5.74) is 2.29. The summed E-state index contributed by atoms with van der Waals surface area (Å²) in [6.07, 6.45) is 2.05. The molecular formula is C23H19Cl2N5O4. The molecule has 0 radical (unpaired) electrons. The first-order valence-electron chi connectivity index (χ1n) is 9.95. The third kappa shape index (κ3) is 4.23. The van der Waals surface area contributed by atoms with Gasteiger partial charge in [0.05, 0.1) is 58.3 Å². The van der Waals surface area contributed by atoms with Gasteiger partial charge in [0, 0.05) is 6.07 Å². The Morgan fingerprint density at radius 3 is 2.44 bits per heavy atom. The van der Waals surface area contributed by atoms with Gasteiger partial charge in [-0.25, -0.2) is 9.97 Å². The van der Waals surface area contributed by atoms with Crippen molar-refractivity contribution >= 4 is 57.7 Å². The number of hydrogen-bond acceptors (Lipinski definition) is 7. The van der Waals surface area contributed by atoms with Crippen LogP contribution in [0.4, 0.5) is 17.2 Å². The standard InChI is InChI=1S/C23H19Cl2N5O4/c1-11-5-4-6-13(27-10-31)21(11)29-17-7-12-14(9-26-17)28-22(30-23(12)32)18-19(24)15(33-2)8-16(34-3)20(18)25/h4-10H,1-3H3,(H,26,29)(H,27,31)(H,28,30,32). The Morgan fingerprint density at radius 2 is 1.79 bits per heavy atom. The molecule has 0 unspecified atom stereocenters. The van der Waals surface area contributed by atoms with Crippen LogP contribution in [0.1, 0.15) is 5.56 Å². The highest BCUT2D eigenvalue weighted by atomic mass is 35.5. The summed E-state index contributed by atoms with van der Waals surface area (Å²) in [6, 6.07) is 8.57. The first kappa shape index (κ1) is 23.3. The van der Waals surface area contributed by atoms with Crippen molar-refractivity contribution in [3.63, 3.8) is 0 Å². The molecule has 1 amide bonds. The average Bonchev–Trinajstić information content (AvgIpc) is 2.82. The van der Waals surface area contributed by atoms with E-state index in [-0.39, 0.29) is 21.4 Å². The number of rotatable bonds is 7. The van der Waals surface area contributed by atoms with Crippen LogP contribution < -0.4 is 25.7 Å². The van der Waals surface area contributed by atoms with Crippen LogP contribution in [-0.2, 0) is 4.79 Å². The van der Waals surface area contributed by atoms with Gasteiger partial charge in [0.2, 0.25) is 6.41 Å². The monoisotopic (exact) mass is 499 g/mol. The van der Waals surface area contributed by atoms with Gasteiger partial charge in [0.15, 0.2) is 0 Å². The van der Waals surface area contributed by atoms with Crippen molar-refractivity contribution in [3.05, 3.63) is 62.5 Å². The van der Waals surface area contributed by atoms with E-state index < -0.39 is 5.56 Å². The number of pyridine rings is 1. The van der Waals surface area contributed by atoms with Crippen molar-refractivity contribution in [2.45, 2.75) is 6.92 Å². The molecule has 174 valence electrons. The minimum absolute atomic E-state index is 0.142. The fraction of sp³-hybridized carbons (Fsp3) is 0.130. The van der Waals surface area contributed by atoms with Crippen LogP contribution in [0.25, 0.3) is 22.3 Å². The van der Waals surface area contributed by atoms with Gasteiger partial charge in [-0.1, -0.05) is 35.3 Å². The van der Waals surface area contributed by atoms with Gasteiger partial charge in [-0.2, -0.15) is 0 Å². The van der Waals surface area contributed by atoms with Gasteiger partial charge >= 0.3 is 0 Å². The number of aryl methyl sites for hydroxylation is 1. The largest absolute Gasteiger partial charge is 0.495 e. The van der Waals surface area contributed by atoms with Gasteiger partial charge in [0.25, 0.3) is 5.56 Å². The molecule has 0 saturated carbocycles. The number of carbonyl (C=O) groups is 1. The number of halogens is 2. The van der Waals surface area contributed by atoms with E-state index in [0.717, 1.165) is 5.56 Å². The third-order valence-electron chi connectivity index (χ3n) is 5.14. The van der Waals surface area contributed by atoms with E-state index >= 15 is 0 Å². The first-order valence-corrected chi connectivity index (χ1v) is 10.7. The second kappa shape index (κ2) is 9.58. The molecule has 2 aromatic carbocycles. The number of carbonyl (C=O) groups excluding carboxylic acids is 1. The molecule has 2 heterocycles. The summed E-state index contributed by atoms with van der Waals surface area (Å²) in [5.74, 6) is 1.17. The number of methoxy groups -OCH3 is 2. The highest BCUT2D eigenvalue weighted by Crippen LogP contribution is 2.44. The molecule has 0 aliphatic rings. The second-order valence-electron chi connectivity index (χ2n) is 7.17. The van der Waals surface area contributed by atoms with Gasteiger partial charge in [-0.15, -0.1) is 0 Å². The Hall–Kier alpha value is -3.82. The molecule has 0 aliphatic carbocycles. The minimum Gasteiger partial charge on any atom is -0.495 e. The molecule has 3 N–H and O–H groups in total. The van der Waals surface area contributed by atoms with E-state index in [1.165, 1.54) is 20.4 Å². The maximum atomic E-state index is 13.0. The number of aromatic amines is 1. The summed E-state index contributed by atoms with van der Waals surface area (Å²) in [5, 5.41) is 6.44. The zero-order valence-electron chi connectivity index (χ0n) is 18.3. The van der Waals surface area contributed by atoms with E-state index in [4.69, 9.17) is 32.7 Å². The highest BCUT2D eigenvalue weighted by Gasteiger charge is 2.21. The number of para-hydroxylation sites is 1. The number of benzene rings is 2. The number of hydrogen-bond donors (Lipinski definition) is 3. The molecule has 0 bridgehead atoms. The van der Waals surface area contributed by atoms with Crippen LogP contribution in [0.3, 0.4) is 0 Å². The van der Waals surface area contributed by atoms with Crippen LogP contribution in [0.5, 0.6) is 11.5 Å². The lowest BCUT2D eigenvalue weighted by molar-refractivity contribution is -0.105. The topological polar surface area (TPSA) is 118 Å². The molecule has 4 aromatic rings. The number of nitrogens with one attached hydrogen (secondary N) is 3. The molecule has 0 aliphatic heterocycles. The number of fused-ring (bicyclic) bond motifs is 1. The SMILES string of the molecule is COc1cc(OC)c(Cl)c(-c2nc3cnc(Nc4c(C)cccc4NC=O)cc3c(=O)[nH]2)c1Cl. The number of anilines is 3. The number of amides is 1. The zero-order chi connectivity index (χ0) is 24.4. The quantitative estimate of drug-likeness (QED) is 0.308. The van der Waals surface area contributed by atoms with Crippen molar-refractivity contribution in [2.75, 3.05) is 24.9 Å². The lowest BCUT2D eigenvalue weighted by Gasteiger charge is -2.15. The molecule has 0 fully saturated rings. The Labute approximate surface area is 204 Å². The number of aromatic nitrogens is 3. The summed E-state index contributed by atoms with van der Waals surface area (Å²) < 4.78 is 10.6. The predicted molar refractivity (Wildman–Crippen MR) is 133 cm³/mol. The zero-order valence-corrected chi connectivity index (χ0v) is 19.8. The summed E-state index contributed by atoms with van der Waals surface area (Å²) in [4.78, 5) is 35.5. The van der Waals surface area contributed by atoms with E-state index in [1.807, 2.05) is 19.1 Å². The molecule has 0 saturated heterocycles. The normalized spacial score (nSPS) is 10.7. The van der Waals surface area contributed by atoms with Crippen molar-refractivity contribution in [1.82, 2.24) is 15.0 Å². The van der Waals surface area contributed by atoms with Crippen LogP contribution in [-0.4, -0.2) is 35.6 Å². The molecule has 11 heteroatoms. The van der Waals surface area contributed by atoms with Crippen molar-refractivity contribution in [2.24, 2.45) is 0 Å².